The summed E-state index contributed by atoms with van der Waals surface area (Å²) in [6, 6.07) is 5.88. The van der Waals surface area contributed by atoms with Crippen molar-refractivity contribution < 1.29 is 18.0 Å². The molecule has 1 aromatic rings. The summed E-state index contributed by atoms with van der Waals surface area (Å²) < 4.78 is 27.3. The number of nitrogens with zero attached hydrogens (tertiary/aromatic N) is 1. The molecule has 1 aliphatic rings. The van der Waals surface area contributed by atoms with Crippen LogP contribution in [0.1, 0.15) is 50.4 Å². The maximum Gasteiger partial charge on any atom is 0.251 e. The first-order valence-electron chi connectivity index (χ1n) is 8.91. The smallest absolute Gasteiger partial charge is 0.251 e. The average Bonchev–Trinajstić information content (AvgIpc) is 2.59. The SMILES string of the molecule is CC(C)NC(=O)CNC(=O)c1cccc(S(=O)(=O)N2CCCC[C@H]2C)c1. The molecule has 2 amide bonds. The molecule has 144 valence electrons. The van der Waals surface area contributed by atoms with Crippen LogP contribution in [0.2, 0.25) is 0 Å². The second-order valence-electron chi connectivity index (χ2n) is 6.89. The third-order valence-corrected chi connectivity index (χ3v) is 6.31. The van der Waals surface area contributed by atoms with Gasteiger partial charge in [0.2, 0.25) is 15.9 Å². The van der Waals surface area contributed by atoms with Crippen molar-refractivity contribution in [3.05, 3.63) is 29.8 Å². The average molecular weight is 381 g/mol. The Morgan fingerprint density at radius 3 is 2.65 bits per heavy atom. The summed E-state index contributed by atoms with van der Waals surface area (Å²) in [7, 11) is -3.64. The van der Waals surface area contributed by atoms with Gasteiger partial charge in [-0.15, -0.1) is 0 Å². The third-order valence-electron chi connectivity index (χ3n) is 4.30. The molecule has 1 fully saturated rings. The Morgan fingerprint density at radius 2 is 2.00 bits per heavy atom. The highest BCUT2D eigenvalue weighted by molar-refractivity contribution is 7.89. The van der Waals surface area contributed by atoms with Gasteiger partial charge in [-0.25, -0.2) is 8.42 Å². The van der Waals surface area contributed by atoms with E-state index in [0.29, 0.717) is 6.54 Å². The Balaban J connectivity index is 2.11. The minimum atomic E-state index is -3.64. The molecule has 26 heavy (non-hydrogen) atoms. The summed E-state index contributed by atoms with van der Waals surface area (Å²) >= 11 is 0. The molecule has 8 heteroatoms. The standard InChI is InChI=1S/C18H27N3O4S/c1-13(2)20-17(22)12-19-18(23)15-8-6-9-16(11-15)26(24,25)21-10-5-4-7-14(21)3/h6,8-9,11,13-14H,4-5,7,10,12H2,1-3H3,(H,19,23)(H,20,22)/t14-/m1/s1. The largest absolute Gasteiger partial charge is 0.352 e. The molecule has 0 aromatic heterocycles. The minimum Gasteiger partial charge on any atom is -0.352 e. The number of hydrogen-bond acceptors (Lipinski definition) is 4. The normalized spacial score (nSPS) is 18.5. The summed E-state index contributed by atoms with van der Waals surface area (Å²) in [6.07, 6.45) is 2.70. The predicted octanol–water partition coefficient (Wildman–Crippen LogP) is 1.50. The van der Waals surface area contributed by atoms with E-state index in [0.717, 1.165) is 19.3 Å². The van der Waals surface area contributed by atoms with E-state index >= 15 is 0 Å². The number of carbonyl (C=O) groups is 2. The van der Waals surface area contributed by atoms with Crippen LogP contribution in [0.5, 0.6) is 0 Å². The van der Waals surface area contributed by atoms with Crippen LogP contribution < -0.4 is 10.6 Å². The number of carbonyl (C=O) groups excluding carboxylic acids is 2. The molecule has 0 saturated carbocycles. The fourth-order valence-corrected chi connectivity index (χ4v) is 4.74. The van der Waals surface area contributed by atoms with Crippen LogP contribution in [-0.2, 0) is 14.8 Å². The van der Waals surface area contributed by atoms with Crippen molar-refractivity contribution >= 4 is 21.8 Å². The fraction of sp³-hybridized carbons (Fsp3) is 0.556. The van der Waals surface area contributed by atoms with Gasteiger partial charge >= 0.3 is 0 Å². The Labute approximate surface area is 155 Å². The quantitative estimate of drug-likeness (QED) is 0.781. The third kappa shape index (κ3) is 5.04. The molecule has 7 nitrogen and oxygen atoms in total. The Morgan fingerprint density at radius 1 is 1.27 bits per heavy atom. The Kier molecular flexibility index (Phi) is 6.77. The summed E-state index contributed by atoms with van der Waals surface area (Å²) in [5, 5.41) is 5.19. The van der Waals surface area contributed by atoms with Gasteiger partial charge in [0.1, 0.15) is 0 Å². The lowest BCUT2D eigenvalue weighted by Crippen LogP contribution is -2.42. The van der Waals surface area contributed by atoms with Gasteiger partial charge in [-0.2, -0.15) is 4.31 Å². The monoisotopic (exact) mass is 381 g/mol. The molecule has 2 rings (SSSR count). The molecule has 1 aromatic carbocycles. The number of rotatable bonds is 6. The summed E-state index contributed by atoms with van der Waals surface area (Å²) in [5.41, 5.74) is 0.216. The van der Waals surface area contributed by atoms with E-state index in [1.54, 1.807) is 6.07 Å². The van der Waals surface area contributed by atoms with Gasteiger partial charge in [0.25, 0.3) is 5.91 Å². The van der Waals surface area contributed by atoms with E-state index in [2.05, 4.69) is 10.6 Å². The fourth-order valence-electron chi connectivity index (χ4n) is 3.00. The van der Waals surface area contributed by atoms with Gasteiger partial charge in [-0.3, -0.25) is 9.59 Å². The Hall–Kier alpha value is -1.93. The van der Waals surface area contributed by atoms with Gasteiger partial charge < -0.3 is 10.6 Å². The first-order valence-corrected chi connectivity index (χ1v) is 10.4. The lowest BCUT2D eigenvalue weighted by atomic mass is 10.1. The number of sulfonamides is 1. The van der Waals surface area contributed by atoms with E-state index in [4.69, 9.17) is 0 Å². The molecule has 1 heterocycles. The van der Waals surface area contributed by atoms with Crippen LogP contribution in [0.4, 0.5) is 0 Å². The first-order chi connectivity index (χ1) is 12.2. The molecule has 1 atom stereocenters. The van der Waals surface area contributed by atoms with Crippen LogP contribution in [0.25, 0.3) is 0 Å². The molecule has 0 aliphatic carbocycles. The second-order valence-corrected chi connectivity index (χ2v) is 8.78. The van der Waals surface area contributed by atoms with Crippen molar-refractivity contribution in [3.8, 4) is 0 Å². The van der Waals surface area contributed by atoms with E-state index in [9.17, 15) is 18.0 Å². The van der Waals surface area contributed by atoms with Crippen LogP contribution in [0.3, 0.4) is 0 Å². The molecule has 0 radical (unpaired) electrons. The highest BCUT2D eigenvalue weighted by atomic mass is 32.2. The molecule has 0 unspecified atom stereocenters. The highest BCUT2D eigenvalue weighted by Gasteiger charge is 2.31. The van der Waals surface area contributed by atoms with Gasteiger partial charge in [-0.1, -0.05) is 12.5 Å². The number of benzene rings is 1. The minimum absolute atomic E-state index is 0.0144. The van der Waals surface area contributed by atoms with E-state index in [1.165, 1.54) is 22.5 Å². The van der Waals surface area contributed by atoms with Crippen molar-refractivity contribution in [2.45, 2.75) is 57.0 Å². The van der Waals surface area contributed by atoms with Crippen molar-refractivity contribution in [3.63, 3.8) is 0 Å². The molecule has 0 bridgehead atoms. The first kappa shape index (κ1) is 20.4. The van der Waals surface area contributed by atoms with Gasteiger partial charge in [0, 0.05) is 24.2 Å². The van der Waals surface area contributed by atoms with Crippen molar-refractivity contribution in [1.29, 1.82) is 0 Å². The highest BCUT2D eigenvalue weighted by Crippen LogP contribution is 2.25. The topological polar surface area (TPSA) is 95.6 Å². The van der Waals surface area contributed by atoms with E-state index < -0.39 is 15.9 Å². The van der Waals surface area contributed by atoms with Gasteiger partial charge in [-0.05, 0) is 51.8 Å². The zero-order valence-corrected chi connectivity index (χ0v) is 16.3. The number of hydrogen-bond donors (Lipinski definition) is 2. The molecule has 0 spiro atoms. The van der Waals surface area contributed by atoms with Crippen molar-refractivity contribution in [2.24, 2.45) is 0 Å². The van der Waals surface area contributed by atoms with E-state index in [-0.39, 0.29) is 35.0 Å². The molecule has 1 saturated heterocycles. The zero-order valence-electron chi connectivity index (χ0n) is 15.5. The van der Waals surface area contributed by atoms with Gasteiger partial charge in [0.05, 0.1) is 11.4 Å². The predicted molar refractivity (Wildman–Crippen MR) is 99.3 cm³/mol. The maximum absolute atomic E-state index is 12.9. The van der Waals surface area contributed by atoms with Gasteiger partial charge in [0.15, 0.2) is 0 Å². The number of amides is 2. The molecular weight excluding hydrogens is 354 g/mol. The summed E-state index contributed by atoms with van der Waals surface area (Å²) in [4.78, 5) is 24.0. The molecule has 2 N–H and O–H groups in total. The molecule has 1 aliphatic heterocycles. The van der Waals surface area contributed by atoms with Crippen LogP contribution in [0, 0.1) is 0 Å². The van der Waals surface area contributed by atoms with Crippen LogP contribution in [0.15, 0.2) is 29.2 Å². The Bertz CT molecular complexity index is 761. The van der Waals surface area contributed by atoms with E-state index in [1.807, 2.05) is 20.8 Å². The lowest BCUT2D eigenvalue weighted by molar-refractivity contribution is -0.120. The van der Waals surface area contributed by atoms with Crippen molar-refractivity contribution in [1.82, 2.24) is 14.9 Å². The molecular formula is C18H27N3O4S. The van der Waals surface area contributed by atoms with Crippen molar-refractivity contribution in [2.75, 3.05) is 13.1 Å². The maximum atomic E-state index is 12.9. The lowest BCUT2D eigenvalue weighted by Gasteiger charge is -2.32. The second kappa shape index (κ2) is 8.64. The van der Waals surface area contributed by atoms with Crippen LogP contribution in [-0.4, -0.2) is 49.7 Å². The number of nitrogens with one attached hydrogen (secondary N) is 2. The number of piperidine rings is 1. The van der Waals surface area contributed by atoms with Crippen LogP contribution >= 0.6 is 0 Å². The zero-order chi connectivity index (χ0) is 19.3. The summed E-state index contributed by atoms with van der Waals surface area (Å²) in [6.45, 7) is 5.90. The summed E-state index contributed by atoms with van der Waals surface area (Å²) in [5.74, 6) is -0.771.